The number of rotatable bonds is 4. The molecule has 2 heterocycles. The maximum absolute atomic E-state index is 12.5. The molecule has 1 aromatic rings. The van der Waals surface area contributed by atoms with Gasteiger partial charge in [0.05, 0.1) is 6.61 Å². The average molecular weight is 288 g/mol. The standard InChI is InChI=1S/C17H24N2O2/c1-21-12-15-10-18-9-14-11-19(7-6-16(14)15)17(20)8-13-4-2-3-5-13/h9-10,13H,2-8,11-12H2,1H3. The van der Waals surface area contributed by atoms with Crippen LogP contribution >= 0.6 is 0 Å². The normalized spacial score (nSPS) is 18.8. The first kappa shape index (κ1) is 14.5. The first-order valence-electron chi connectivity index (χ1n) is 7.99. The smallest absolute Gasteiger partial charge is 0.223 e. The molecular formula is C17H24N2O2. The van der Waals surface area contributed by atoms with Gasteiger partial charge in [0.25, 0.3) is 0 Å². The molecule has 0 unspecified atom stereocenters. The van der Waals surface area contributed by atoms with Crippen molar-refractivity contribution in [1.82, 2.24) is 9.88 Å². The molecule has 0 spiro atoms. The maximum atomic E-state index is 12.5. The lowest BCUT2D eigenvalue weighted by molar-refractivity contribution is -0.133. The predicted octanol–water partition coefficient (Wildman–Crippen LogP) is 2.69. The molecule has 1 aromatic heterocycles. The molecule has 114 valence electrons. The second-order valence-corrected chi connectivity index (χ2v) is 6.29. The van der Waals surface area contributed by atoms with E-state index in [9.17, 15) is 4.79 Å². The van der Waals surface area contributed by atoms with Gasteiger partial charge in [-0.1, -0.05) is 12.8 Å². The molecule has 2 aliphatic rings. The third-order valence-corrected chi connectivity index (χ3v) is 4.82. The lowest BCUT2D eigenvalue weighted by Gasteiger charge is -2.30. The first-order chi connectivity index (χ1) is 10.3. The summed E-state index contributed by atoms with van der Waals surface area (Å²) in [4.78, 5) is 18.8. The molecule has 1 fully saturated rings. The quantitative estimate of drug-likeness (QED) is 0.855. The van der Waals surface area contributed by atoms with E-state index in [4.69, 9.17) is 4.74 Å². The van der Waals surface area contributed by atoms with E-state index >= 15 is 0 Å². The third-order valence-electron chi connectivity index (χ3n) is 4.82. The van der Waals surface area contributed by atoms with Crippen LogP contribution in [0.25, 0.3) is 0 Å². The van der Waals surface area contributed by atoms with E-state index < -0.39 is 0 Å². The zero-order chi connectivity index (χ0) is 14.7. The molecule has 0 radical (unpaired) electrons. The SMILES string of the molecule is COCc1cncc2c1CCN(C(=O)CC1CCCC1)C2. The highest BCUT2D eigenvalue weighted by Crippen LogP contribution is 2.29. The van der Waals surface area contributed by atoms with Crippen LogP contribution in [0.5, 0.6) is 0 Å². The summed E-state index contributed by atoms with van der Waals surface area (Å²) in [6.45, 7) is 2.15. The van der Waals surface area contributed by atoms with Crippen molar-refractivity contribution in [2.45, 2.75) is 51.7 Å². The van der Waals surface area contributed by atoms with E-state index in [1.54, 1.807) is 7.11 Å². The van der Waals surface area contributed by atoms with Gasteiger partial charge in [-0.15, -0.1) is 0 Å². The summed E-state index contributed by atoms with van der Waals surface area (Å²) in [7, 11) is 1.71. The Morgan fingerprint density at radius 1 is 1.38 bits per heavy atom. The fourth-order valence-corrected chi connectivity index (χ4v) is 3.65. The molecule has 0 bridgehead atoms. The Kier molecular flexibility index (Phi) is 4.54. The Hall–Kier alpha value is -1.42. The zero-order valence-corrected chi connectivity index (χ0v) is 12.8. The Morgan fingerprint density at radius 3 is 2.95 bits per heavy atom. The van der Waals surface area contributed by atoms with Gasteiger partial charge in [0.2, 0.25) is 5.91 Å². The maximum Gasteiger partial charge on any atom is 0.223 e. The van der Waals surface area contributed by atoms with Crippen LogP contribution in [0.1, 0.15) is 48.8 Å². The predicted molar refractivity (Wildman–Crippen MR) is 80.6 cm³/mol. The average Bonchev–Trinajstić information content (AvgIpc) is 3.00. The van der Waals surface area contributed by atoms with Crippen molar-refractivity contribution in [3.8, 4) is 0 Å². The lowest BCUT2D eigenvalue weighted by atomic mass is 9.96. The largest absolute Gasteiger partial charge is 0.380 e. The zero-order valence-electron chi connectivity index (χ0n) is 12.8. The number of pyridine rings is 1. The Labute approximate surface area is 126 Å². The van der Waals surface area contributed by atoms with Gasteiger partial charge in [0.1, 0.15) is 0 Å². The number of fused-ring (bicyclic) bond motifs is 1. The number of hydrogen-bond acceptors (Lipinski definition) is 3. The van der Waals surface area contributed by atoms with Crippen LogP contribution in [0.2, 0.25) is 0 Å². The number of aromatic nitrogens is 1. The molecule has 1 aliphatic heterocycles. The minimum absolute atomic E-state index is 0.324. The molecule has 0 atom stereocenters. The van der Waals surface area contributed by atoms with Crippen molar-refractivity contribution < 1.29 is 9.53 Å². The monoisotopic (exact) mass is 288 g/mol. The minimum Gasteiger partial charge on any atom is -0.380 e. The Morgan fingerprint density at radius 2 is 2.19 bits per heavy atom. The second kappa shape index (κ2) is 6.56. The highest BCUT2D eigenvalue weighted by atomic mass is 16.5. The second-order valence-electron chi connectivity index (χ2n) is 6.29. The molecule has 21 heavy (non-hydrogen) atoms. The lowest BCUT2D eigenvalue weighted by Crippen LogP contribution is -2.37. The highest BCUT2D eigenvalue weighted by molar-refractivity contribution is 5.76. The number of amides is 1. The first-order valence-corrected chi connectivity index (χ1v) is 7.99. The molecule has 0 saturated heterocycles. The molecule has 1 amide bonds. The molecule has 4 nitrogen and oxygen atoms in total. The van der Waals surface area contributed by atoms with E-state index in [1.165, 1.54) is 36.8 Å². The Balaban J connectivity index is 1.66. The van der Waals surface area contributed by atoms with Crippen molar-refractivity contribution in [3.63, 3.8) is 0 Å². The molecule has 0 aromatic carbocycles. The molecule has 1 aliphatic carbocycles. The molecule has 3 rings (SSSR count). The van der Waals surface area contributed by atoms with Crippen LogP contribution in [-0.2, 0) is 29.1 Å². The number of ether oxygens (including phenoxy) is 1. The fraction of sp³-hybridized carbons (Fsp3) is 0.647. The number of nitrogens with zero attached hydrogens (tertiary/aromatic N) is 2. The molecular weight excluding hydrogens is 264 g/mol. The van der Waals surface area contributed by atoms with Crippen molar-refractivity contribution in [3.05, 3.63) is 29.1 Å². The van der Waals surface area contributed by atoms with Gasteiger partial charge in [-0.05, 0) is 41.9 Å². The summed E-state index contributed by atoms with van der Waals surface area (Å²) in [6, 6.07) is 0. The number of hydrogen-bond donors (Lipinski definition) is 0. The van der Waals surface area contributed by atoms with Crippen LogP contribution < -0.4 is 0 Å². The topological polar surface area (TPSA) is 42.4 Å². The minimum atomic E-state index is 0.324. The van der Waals surface area contributed by atoms with E-state index in [2.05, 4.69) is 4.98 Å². The summed E-state index contributed by atoms with van der Waals surface area (Å²) in [5.74, 6) is 0.946. The van der Waals surface area contributed by atoms with E-state index in [0.29, 0.717) is 25.0 Å². The van der Waals surface area contributed by atoms with E-state index in [-0.39, 0.29) is 0 Å². The highest BCUT2D eigenvalue weighted by Gasteiger charge is 2.25. The number of carbonyl (C=O) groups is 1. The van der Waals surface area contributed by atoms with Gasteiger partial charge in [-0.3, -0.25) is 9.78 Å². The van der Waals surface area contributed by atoms with Crippen molar-refractivity contribution >= 4 is 5.91 Å². The van der Waals surface area contributed by atoms with E-state index in [1.807, 2.05) is 17.3 Å². The van der Waals surface area contributed by atoms with Crippen molar-refractivity contribution in [2.75, 3.05) is 13.7 Å². The van der Waals surface area contributed by atoms with Crippen LogP contribution in [-0.4, -0.2) is 29.4 Å². The van der Waals surface area contributed by atoms with E-state index in [0.717, 1.165) is 24.9 Å². The summed E-state index contributed by atoms with van der Waals surface area (Å²) >= 11 is 0. The van der Waals surface area contributed by atoms with Gasteiger partial charge in [-0.2, -0.15) is 0 Å². The molecule has 4 heteroatoms. The fourth-order valence-electron chi connectivity index (χ4n) is 3.65. The van der Waals surface area contributed by atoms with Crippen molar-refractivity contribution in [2.24, 2.45) is 5.92 Å². The number of methoxy groups -OCH3 is 1. The number of carbonyl (C=O) groups excluding carboxylic acids is 1. The van der Waals surface area contributed by atoms with Crippen LogP contribution in [0.3, 0.4) is 0 Å². The third kappa shape index (κ3) is 3.26. The van der Waals surface area contributed by atoms with Crippen molar-refractivity contribution in [1.29, 1.82) is 0 Å². The van der Waals surface area contributed by atoms with Gasteiger partial charge >= 0.3 is 0 Å². The summed E-state index contributed by atoms with van der Waals surface area (Å²) in [5, 5.41) is 0. The summed E-state index contributed by atoms with van der Waals surface area (Å²) in [6.07, 6.45) is 10.5. The van der Waals surface area contributed by atoms with Crippen LogP contribution in [0, 0.1) is 5.92 Å². The van der Waals surface area contributed by atoms with Crippen LogP contribution in [0.4, 0.5) is 0 Å². The summed E-state index contributed by atoms with van der Waals surface area (Å²) in [5.41, 5.74) is 3.69. The molecule has 0 N–H and O–H groups in total. The molecule has 1 saturated carbocycles. The van der Waals surface area contributed by atoms with Crippen LogP contribution in [0.15, 0.2) is 12.4 Å². The van der Waals surface area contributed by atoms with Gasteiger partial charge < -0.3 is 9.64 Å². The van der Waals surface area contributed by atoms with Gasteiger partial charge in [-0.25, -0.2) is 0 Å². The van der Waals surface area contributed by atoms with Gasteiger partial charge in [0, 0.05) is 39.0 Å². The van der Waals surface area contributed by atoms with Gasteiger partial charge in [0.15, 0.2) is 0 Å². The summed E-state index contributed by atoms with van der Waals surface area (Å²) < 4.78 is 5.24. The Bertz CT molecular complexity index is 510.